The number of hydrogen-bond donors (Lipinski definition) is 1. The summed E-state index contributed by atoms with van der Waals surface area (Å²) in [6.07, 6.45) is 5.51. The highest BCUT2D eigenvalue weighted by atomic mass is 16.2. The Hall–Kier alpha value is -1.10. The van der Waals surface area contributed by atoms with Crippen molar-refractivity contribution >= 4 is 0 Å². The molecule has 0 spiro atoms. The fourth-order valence-electron chi connectivity index (χ4n) is 2.12. The predicted octanol–water partition coefficient (Wildman–Crippen LogP) is -0.0108. The minimum atomic E-state index is 0.0633. The van der Waals surface area contributed by atoms with Crippen molar-refractivity contribution in [2.45, 2.75) is 31.8 Å². The molecule has 0 unspecified atom stereocenters. The van der Waals surface area contributed by atoms with Gasteiger partial charge in [-0.25, -0.2) is 9.48 Å². The molecule has 1 saturated carbocycles. The Morgan fingerprint density at radius 1 is 1.47 bits per heavy atom. The summed E-state index contributed by atoms with van der Waals surface area (Å²) in [5.74, 6) is 0.686. The van der Waals surface area contributed by atoms with Crippen LogP contribution in [0, 0.1) is 5.92 Å². The highest BCUT2D eigenvalue weighted by Crippen LogP contribution is 2.27. The number of rotatable bonds is 3. The van der Waals surface area contributed by atoms with Crippen LogP contribution in [0.5, 0.6) is 0 Å². The Kier molecular flexibility index (Phi) is 2.12. The van der Waals surface area contributed by atoms with Crippen molar-refractivity contribution in [2.75, 3.05) is 13.1 Å². The van der Waals surface area contributed by atoms with Crippen molar-refractivity contribution in [1.29, 1.82) is 0 Å². The summed E-state index contributed by atoms with van der Waals surface area (Å²) in [6.45, 7) is 2.61. The summed E-state index contributed by atoms with van der Waals surface area (Å²) in [6, 6.07) is 0.327. The van der Waals surface area contributed by atoms with Crippen molar-refractivity contribution in [2.24, 2.45) is 5.92 Å². The van der Waals surface area contributed by atoms with Crippen LogP contribution in [0.15, 0.2) is 11.1 Å². The first-order valence-corrected chi connectivity index (χ1v) is 5.69. The summed E-state index contributed by atoms with van der Waals surface area (Å²) in [7, 11) is 0. The van der Waals surface area contributed by atoms with Gasteiger partial charge in [-0.2, -0.15) is 5.10 Å². The average molecular weight is 208 g/mol. The lowest BCUT2D eigenvalue weighted by Gasteiger charge is -2.27. The lowest BCUT2D eigenvalue weighted by molar-refractivity contribution is 0.260. The zero-order valence-corrected chi connectivity index (χ0v) is 8.72. The zero-order chi connectivity index (χ0) is 10.3. The van der Waals surface area contributed by atoms with E-state index in [2.05, 4.69) is 10.4 Å². The first kappa shape index (κ1) is 9.15. The molecule has 2 heterocycles. The van der Waals surface area contributed by atoms with Crippen LogP contribution in [-0.2, 0) is 6.54 Å². The van der Waals surface area contributed by atoms with Gasteiger partial charge < -0.3 is 5.32 Å². The van der Waals surface area contributed by atoms with Crippen LogP contribution < -0.4 is 11.0 Å². The summed E-state index contributed by atoms with van der Waals surface area (Å²) in [4.78, 5) is 11.9. The van der Waals surface area contributed by atoms with Gasteiger partial charge in [0.05, 0.1) is 6.04 Å². The van der Waals surface area contributed by atoms with E-state index >= 15 is 0 Å². The monoisotopic (exact) mass is 208 g/mol. The molecule has 2 aliphatic rings. The van der Waals surface area contributed by atoms with Gasteiger partial charge in [-0.3, -0.25) is 4.57 Å². The zero-order valence-electron chi connectivity index (χ0n) is 8.72. The molecule has 0 radical (unpaired) electrons. The van der Waals surface area contributed by atoms with Gasteiger partial charge in [0.1, 0.15) is 6.33 Å². The molecule has 82 valence electrons. The molecule has 1 aliphatic heterocycles. The fraction of sp³-hybridized carbons (Fsp3) is 0.800. The highest BCUT2D eigenvalue weighted by molar-refractivity contribution is 4.85. The molecule has 0 atom stereocenters. The molecule has 1 aliphatic carbocycles. The van der Waals surface area contributed by atoms with Gasteiger partial charge in [-0.1, -0.05) is 6.42 Å². The first-order valence-electron chi connectivity index (χ1n) is 5.69. The molecule has 5 heteroatoms. The lowest BCUT2D eigenvalue weighted by atomic mass is 9.85. The van der Waals surface area contributed by atoms with Crippen molar-refractivity contribution in [1.82, 2.24) is 19.7 Å². The summed E-state index contributed by atoms with van der Waals surface area (Å²) in [5, 5.41) is 7.34. The molecule has 1 aromatic heterocycles. The molecule has 1 saturated heterocycles. The Morgan fingerprint density at radius 3 is 2.80 bits per heavy atom. The van der Waals surface area contributed by atoms with Crippen LogP contribution in [0.3, 0.4) is 0 Å². The number of nitrogens with one attached hydrogen (secondary N) is 1. The molecule has 5 nitrogen and oxygen atoms in total. The third kappa shape index (κ3) is 1.51. The van der Waals surface area contributed by atoms with Gasteiger partial charge >= 0.3 is 5.69 Å². The molecule has 2 fully saturated rings. The Balaban J connectivity index is 1.77. The van der Waals surface area contributed by atoms with E-state index in [1.54, 1.807) is 15.6 Å². The van der Waals surface area contributed by atoms with Gasteiger partial charge in [0.15, 0.2) is 0 Å². The molecule has 3 rings (SSSR count). The van der Waals surface area contributed by atoms with Gasteiger partial charge in [0.25, 0.3) is 0 Å². The second-order valence-corrected chi connectivity index (χ2v) is 4.61. The highest BCUT2D eigenvalue weighted by Gasteiger charge is 2.24. The van der Waals surface area contributed by atoms with Crippen LogP contribution >= 0.6 is 0 Å². The predicted molar refractivity (Wildman–Crippen MR) is 55.7 cm³/mol. The lowest BCUT2D eigenvalue weighted by Crippen LogP contribution is -2.47. The van der Waals surface area contributed by atoms with Crippen LogP contribution in [0.2, 0.25) is 0 Å². The maximum atomic E-state index is 11.9. The topological polar surface area (TPSA) is 51.9 Å². The molecule has 1 N–H and O–H groups in total. The van der Waals surface area contributed by atoms with E-state index in [4.69, 9.17) is 0 Å². The second-order valence-electron chi connectivity index (χ2n) is 4.61. The van der Waals surface area contributed by atoms with Gasteiger partial charge in [0, 0.05) is 19.6 Å². The fourth-order valence-corrected chi connectivity index (χ4v) is 2.12. The maximum Gasteiger partial charge on any atom is 0.346 e. The van der Waals surface area contributed by atoms with E-state index in [1.165, 1.54) is 19.3 Å². The van der Waals surface area contributed by atoms with E-state index in [0.29, 0.717) is 12.0 Å². The number of nitrogens with zero attached hydrogens (tertiary/aromatic N) is 3. The van der Waals surface area contributed by atoms with E-state index < -0.39 is 0 Å². The molecular formula is C10H16N4O. The standard InChI is InChI=1S/C10H16N4O/c15-10-13(9-4-11-5-9)7-12-14(10)6-8-2-1-3-8/h7-9,11H,1-6H2. The van der Waals surface area contributed by atoms with Crippen LogP contribution in [0.25, 0.3) is 0 Å². The first-order chi connectivity index (χ1) is 7.34. The van der Waals surface area contributed by atoms with Gasteiger partial charge in [0.2, 0.25) is 0 Å². The summed E-state index contributed by atoms with van der Waals surface area (Å²) < 4.78 is 3.39. The minimum Gasteiger partial charge on any atom is -0.313 e. The molecular weight excluding hydrogens is 192 g/mol. The van der Waals surface area contributed by atoms with Gasteiger partial charge in [-0.05, 0) is 18.8 Å². The molecule has 0 bridgehead atoms. The van der Waals surface area contributed by atoms with Crippen LogP contribution in [0.1, 0.15) is 25.3 Å². The normalized spacial score (nSPS) is 22.4. The van der Waals surface area contributed by atoms with Crippen molar-refractivity contribution in [3.63, 3.8) is 0 Å². The van der Waals surface area contributed by atoms with E-state index in [1.807, 2.05) is 0 Å². The number of hydrogen-bond acceptors (Lipinski definition) is 3. The largest absolute Gasteiger partial charge is 0.346 e. The third-order valence-electron chi connectivity index (χ3n) is 3.57. The Labute approximate surface area is 88.1 Å². The Bertz CT molecular complexity index is 400. The van der Waals surface area contributed by atoms with E-state index in [0.717, 1.165) is 19.6 Å². The van der Waals surface area contributed by atoms with Crippen molar-refractivity contribution in [3.8, 4) is 0 Å². The number of aromatic nitrogens is 3. The van der Waals surface area contributed by atoms with Crippen LogP contribution in [-0.4, -0.2) is 27.4 Å². The third-order valence-corrected chi connectivity index (χ3v) is 3.57. The van der Waals surface area contributed by atoms with Crippen molar-refractivity contribution in [3.05, 3.63) is 16.8 Å². The smallest absolute Gasteiger partial charge is 0.313 e. The SMILES string of the molecule is O=c1n(C2CNC2)cnn1CC1CCC1. The average Bonchev–Trinajstić information content (AvgIpc) is 2.40. The van der Waals surface area contributed by atoms with E-state index in [9.17, 15) is 4.79 Å². The van der Waals surface area contributed by atoms with Crippen LogP contribution in [0.4, 0.5) is 0 Å². The van der Waals surface area contributed by atoms with Gasteiger partial charge in [-0.15, -0.1) is 0 Å². The molecule has 15 heavy (non-hydrogen) atoms. The Morgan fingerprint density at radius 2 is 2.27 bits per heavy atom. The summed E-state index contributed by atoms with van der Waals surface area (Å²) in [5.41, 5.74) is 0.0633. The minimum absolute atomic E-state index is 0.0633. The van der Waals surface area contributed by atoms with E-state index in [-0.39, 0.29) is 5.69 Å². The second kappa shape index (κ2) is 3.48. The summed E-state index contributed by atoms with van der Waals surface area (Å²) >= 11 is 0. The van der Waals surface area contributed by atoms with Crippen molar-refractivity contribution < 1.29 is 0 Å². The molecule has 1 aromatic rings. The quantitative estimate of drug-likeness (QED) is 0.760. The molecule has 0 aromatic carbocycles. The maximum absolute atomic E-state index is 11.9. The molecule has 0 amide bonds.